The smallest absolute Gasteiger partial charge is 0.0990 e. The summed E-state index contributed by atoms with van der Waals surface area (Å²) in [7, 11) is 2.13. The van der Waals surface area contributed by atoms with Crippen molar-refractivity contribution in [2.75, 3.05) is 20.4 Å². The molecule has 10 heavy (non-hydrogen) atoms. The lowest BCUT2D eigenvalue weighted by molar-refractivity contribution is -0.0453. The summed E-state index contributed by atoms with van der Waals surface area (Å²) in [6.07, 6.45) is 1.19. The molecule has 1 rings (SSSR count). The van der Waals surface area contributed by atoms with E-state index in [4.69, 9.17) is 4.74 Å². The molecule has 0 bridgehead atoms. The Morgan fingerprint density at radius 2 is 2.20 bits per heavy atom. The second kappa shape index (κ2) is 3.35. The topological polar surface area (TPSA) is 12.5 Å². The third-order valence-corrected chi connectivity index (χ3v) is 2.19. The molecule has 0 amide bonds. The molecule has 2 heteroatoms. The van der Waals surface area contributed by atoms with Gasteiger partial charge in [0.2, 0.25) is 0 Å². The van der Waals surface area contributed by atoms with E-state index in [0.29, 0.717) is 0 Å². The average molecular weight is 143 g/mol. The van der Waals surface area contributed by atoms with E-state index in [1.807, 2.05) is 0 Å². The second-order valence-electron chi connectivity index (χ2n) is 3.39. The Labute approximate surface area is 63.2 Å². The number of ether oxygens (including phenoxy) is 1. The normalized spacial score (nSPS) is 29.4. The van der Waals surface area contributed by atoms with E-state index in [2.05, 4.69) is 25.8 Å². The van der Waals surface area contributed by atoms with Gasteiger partial charge in [0.25, 0.3) is 0 Å². The summed E-state index contributed by atoms with van der Waals surface area (Å²) in [5, 5.41) is 0. The first-order valence-corrected chi connectivity index (χ1v) is 4.00. The van der Waals surface area contributed by atoms with Crippen molar-refractivity contribution in [2.45, 2.75) is 26.3 Å². The SMILES string of the molecule is CC(C)C1CCOCN1C. The molecule has 0 aliphatic carbocycles. The van der Waals surface area contributed by atoms with Crippen molar-refractivity contribution < 1.29 is 4.74 Å². The van der Waals surface area contributed by atoms with Gasteiger partial charge in [-0.3, -0.25) is 4.90 Å². The van der Waals surface area contributed by atoms with E-state index in [-0.39, 0.29) is 0 Å². The highest BCUT2D eigenvalue weighted by molar-refractivity contribution is 4.72. The minimum absolute atomic E-state index is 0.730. The summed E-state index contributed by atoms with van der Waals surface area (Å²) in [6, 6.07) is 0.730. The average Bonchev–Trinajstić information content (AvgIpc) is 1.88. The molecule has 0 saturated carbocycles. The molecule has 0 N–H and O–H groups in total. The molecular weight excluding hydrogens is 126 g/mol. The van der Waals surface area contributed by atoms with Crippen LogP contribution in [0.15, 0.2) is 0 Å². The van der Waals surface area contributed by atoms with Crippen molar-refractivity contribution in [2.24, 2.45) is 5.92 Å². The Kier molecular flexibility index (Phi) is 2.69. The maximum Gasteiger partial charge on any atom is 0.0990 e. The van der Waals surface area contributed by atoms with Gasteiger partial charge >= 0.3 is 0 Å². The first-order valence-electron chi connectivity index (χ1n) is 4.00. The Hall–Kier alpha value is -0.0800. The molecule has 0 aromatic rings. The fourth-order valence-electron chi connectivity index (χ4n) is 1.57. The van der Waals surface area contributed by atoms with Gasteiger partial charge in [-0.2, -0.15) is 0 Å². The van der Waals surface area contributed by atoms with Crippen LogP contribution in [0.5, 0.6) is 0 Å². The molecule has 0 aromatic carbocycles. The van der Waals surface area contributed by atoms with Gasteiger partial charge in [-0.15, -0.1) is 0 Å². The molecule has 0 radical (unpaired) electrons. The molecule has 60 valence electrons. The van der Waals surface area contributed by atoms with E-state index >= 15 is 0 Å². The van der Waals surface area contributed by atoms with Crippen LogP contribution in [0.4, 0.5) is 0 Å². The van der Waals surface area contributed by atoms with Crippen molar-refractivity contribution in [1.82, 2.24) is 4.90 Å². The fourth-order valence-corrected chi connectivity index (χ4v) is 1.57. The van der Waals surface area contributed by atoms with Crippen molar-refractivity contribution in [1.29, 1.82) is 0 Å². The summed E-state index contributed by atoms with van der Waals surface area (Å²) in [5.74, 6) is 0.758. The Morgan fingerprint density at radius 3 is 2.60 bits per heavy atom. The zero-order chi connectivity index (χ0) is 7.56. The van der Waals surface area contributed by atoms with Crippen LogP contribution in [-0.2, 0) is 4.74 Å². The van der Waals surface area contributed by atoms with Gasteiger partial charge in [-0.05, 0) is 19.4 Å². The maximum absolute atomic E-state index is 5.29. The van der Waals surface area contributed by atoms with Crippen LogP contribution in [0.2, 0.25) is 0 Å². The lowest BCUT2D eigenvalue weighted by Gasteiger charge is -2.34. The monoisotopic (exact) mass is 143 g/mol. The van der Waals surface area contributed by atoms with E-state index in [0.717, 1.165) is 25.3 Å². The van der Waals surface area contributed by atoms with Gasteiger partial charge in [0.15, 0.2) is 0 Å². The maximum atomic E-state index is 5.29. The quantitative estimate of drug-likeness (QED) is 0.549. The number of nitrogens with zero attached hydrogens (tertiary/aromatic N) is 1. The molecule has 1 aliphatic heterocycles. The Balaban J connectivity index is 2.40. The molecule has 2 nitrogen and oxygen atoms in total. The highest BCUT2D eigenvalue weighted by atomic mass is 16.5. The summed E-state index contributed by atoms with van der Waals surface area (Å²) in [6.45, 7) is 6.29. The largest absolute Gasteiger partial charge is 0.366 e. The fraction of sp³-hybridized carbons (Fsp3) is 1.00. The highest BCUT2D eigenvalue weighted by Gasteiger charge is 2.21. The highest BCUT2D eigenvalue weighted by Crippen LogP contribution is 2.16. The van der Waals surface area contributed by atoms with Crippen molar-refractivity contribution in [3.05, 3.63) is 0 Å². The molecule has 1 aliphatic rings. The predicted octanol–water partition coefficient (Wildman–Crippen LogP) is 1.32. The van der Waals surface area contributed by atoms with E-state index < -0.39 is 0 Å². The molecule has 1 atom stereocenters. The second-order valence-corrected chi connectivity index (χ2v) is 3.39. The minimum atomic E-state index is 0.730. The molecule has 1 fully saturated rings. The molecule has 1 heterocycles. The molecule has 0 aromatic heterocycles. The van der Waals surface area contributed by atoms with Gasteiger partial charge in [0.05, 0.1) is 6.73 Å². The van der Waals surface area contributed by atoms with Crippen molar-refractivity contribution in [3.63, 3.8) is 0 Å². The van der Waals surface area contributed by atoms with Crippen molar-refractivity contribution in [3.8, 4) is 0 Å². The van der Waals surface area contributed by atoms with Crippen LogP contribution in [-0.4, -0.2) is 31.3 Å². The first kappa shape index (κ1) is 8.02. The van der Waals surface area contributed by atoms with Crippen LogP contribution in [0.1, 0.15) is 20.3 Å². The molecular formula is C8H17NO. The third kappa shape index (κ3) is 1.70. The van der Waals surface area contributed by atoms with E-state index in [1.54, 1.807) is 0 Å². The van der Waals surface area contributed by atoms with Crippen LogP contribution < -0.4 is 0 Å². The number of hydrogen-bond donors (Lipinski definition) is 0. The van der Waals surface area contributed by atoms with Gasteiger partial charge < -0.3 is 4.74 Å². The predicted molar refractivity (Wildman–Crippen MR) is 41.8 cm³/mol. The summed E-state index contributed by atoms with van der Waals surface area (Å²) >= 11 is 0. The van der Waals surface area contributed by atoms with Crippen LogP contribution in [0, 0.1) is 5.92 Å². The first-order chi connectivity index (χ1) is 4.72. The van der Waals surface area contributed by atoms with E-state index in [1.165, 1.54) is 6.42 Å². The summed E-state index contributed by atoms with van der Waals surface area (Å²) < 4.78 is 5.29. The van der Waals surface area contributed by atoms with Gasteiger partial charge in [0, 0.05) is 12.6 Å². The molecule has 1 saturated heterocycles. The zero-order valence-corrected chi connectivity index (χ0v) is 7.13. The molecule has 1 unspecified atom stereocenters. The van der Waals surface area contributed by atoms with Gasteiger partial charge in [0.1, 0.15) is 0 Å². The van der Waals surface area contributed by atoms with Crippen LogP contribution in [0.25, 0.3) is 0 Å². The van der Waals surface area contributed by atoms with E-state index in [9.17, 15) is 0 Å². The summed E-state index contributed by atoms with van der Waals surface area (Å²) in [5.41, 5.74) is 0. The zero-order valence-electron chi connectivity index (χ0n) is 7.13. The summed E-state index contributed by atoms with van der Waals surface area (Å²) in [4.78, 5) is 2.29. The van der Waals surface area contributed by atoms with Crippen molar-refractivity contribution >= 4 is 0 Å². The van der Waals surface area contributed by atoms with Gasteiger partial charge in [-0.1, -0.05) is 13.8 Å². The minimum Gasteiger partial charge on any atom is -0.366 e. The lowest BCUT2D eigenvalue weighted by atomic mass is 10.00. The lowest BCUT2D eigenvalue weighted by Crippen LogP contribution is -2.42. The standard InChI is InChI=1S/C8H17NO/c1-7(2)8-4-5-10-6-9(8)3/h7-8H,4-6H2,1-3H3. The third-order valence-electron chi connectivity index (χ3n) is 2.19. The molecule has 0 spiro atoms. The number of rotatable bonds is 1. The number of hydrogen-bond acceptors (Lipinski definition) is 2. The van der Waals surface area contributed by atoms with Crippen LogP contribution in [0.3, 0.4) is 0 Å². The van der Waals surface area contributed by atoms with Gasteiger partial charge in [-0.25, -0.2) is 0 Å². The Bertz CT molecular complexity index is 103. The van der Waals surface area contributed by atoms with Crippen LogP contribution >= 0.6 is 0 Å². The Morgan fingerprint density at radius 1 is 1.50 bits per heavy atom.